The first-order chi connectivity index (χ1) is 6.35. The van der Waals surface area contributed by atoms with Crippen molar-refractivity contribution in [3.05, 3.63) is 18.6 Å². The quantitative estimate of drug-likeness (QED) is 0.691. The first-order valence-corrected chi connectivity index (χ1v) is 4.15. The van der Waals surface area contributed by atoms with E-state index in [9.17, 15) is 0 Å². The average Bonchev–Trinajstić information content (AvgIpc) is 2.97. The van der Waals surface area contributed by atoms with Crippen LogP contribution in [0.3, 0.4) is 0 Å². The number of nitrogens with zero attached hydrogens (tertiary/aromatic N) is 3. The van der Waals surface area contributed by atoms with Crippen molar-refractivity contribution in [1.29, 1.82) is 5.26 Å². The molecule has 0 N–H and O–H groups in total. The SMILES string of the molecule is N#CC1(COc2ccncn2)CC1. The molecule has 1 heterocycles. The van der Waals surface area contributed by atoms with Crippen LogP contribution in [0, 0.1) is 16.7 Å². The van der Waals surface area contributed by atoms with Crippen LogP contribution in [0.1, 0.15) is 12.8 Å². The van der Waals surface area contributed by atoms with Crippen LogP contribution in [0.2, 0.25) is 0 Å². The van der Waals surface area contributed by atoms with Gasteiger partial charge in [0.25, 0.3) is 0 Å². The molecule has 4 nitrogen and oxygen atoms in total. The molecule has 0 spiro atoms. The number of ether oxygens (including phenoxy) is 1. The molecule has 0 unspecified atom stereocenters. The minimum atomic E-state index is -0.231. The molecular formula is C9H9N3O. The van der Waals surface area contributed by atoms with Gasteiger partial charge in [-0.1, -0.05) is 0 Å². The molecule has 0 aliphatic heterocycles. The lowest BCUT2D eigenvalue weighted by Crippen LogP contribution is -2.11. The Kier molecular flexibility index (Phi) is 1.85. The number of rotatable bonds is 3. The zero-order valence-corrected chi connectivity index (χ0v) is 7.10. The van der Waals surface area contributed by atoms with Crippen molar-refractivity contribution in [2.75, 3.05) is 6.61 Å². The lowest BCUT2D eigenvalue weighted by Gasteiger charge is -2.06. The molecule has 2 rings (SSSR count). The second-order valence-corrected chi connectivity index (χ2v) is 3.23. The standard InChI is InChI=1S/C9H9N3O/c10-5-9(2-3-9)6-13-8-1-4-11-7-12-8/h1,4,7H,2-3,6H2. The van der Waals surface area contributed by atoms with E-state index < -0.39 is 0 Å². The molecule has 66 valence electrons. The molecule has 0 radical (unpaired) electrons. The second kappa shape index (κ2) is 3.02. The van der Waals surface area contributed by atoms with Crippen molar-refractivity contribution in [1.82, 2.24) is 9.97 Å². The highest BCUT2D eigenvalue weighted by Crippen LogP contribution is 2.44. The summed E-state index contributed by atoms with van der Waals surface area (Å²) in [6, 6.07) is 3.94. The van der Waals surface area contributed by atoms with Crippen LogP contribution in [-0.2, 0) is 0 Å². The van der Waals surface area contributed by atoms with Crippen molar-refractivity contribution in [2.24, 2.45) is 5.41 Å². The van der Waals surface area contributed by atoms with Gasteiger partial charge in [0.05, 0.1) is 11.5 Å². The largest absolute Gasteiger partial charge is 0.476 e. The Labute approximate surface area is 76.2 Å². The van der Waals surface area contributed by atoms with Gasteiger partial charge in [0.1, 0.15) is 12.9 Å². The fourth-order valence-electron chi connectivity index (χ4n) is 1.02. The van der Waals surface area contributed by atoms with Crippen LogP contribution in [0.15, 0.2) is 18.6 Å². The second-order valence-electron chi connectivity index (χ2n) is 3.23. The molecule has 1 aromatic rings. The predicted octanol–water partition coefficient (Wildman–Crippen LogP) is 1.16. The number of aromatic nitrogens is 2. The lowest BCUT2D eigenvalue weighted by molar-refractivity contribution is 0.258. The molecule has 1 fully saturated rings. The fourth-order valence-corrected chi connectivity index (χ4v) is 1.02. The van der Waals surface area contributed by atoms with E-state index in [0.29, 0.717) is 12.5 Å². The van der Waals surface area contributed by atoms with Crippen molar-refractivity contribution < 1.29 is 4.74 Å². The molecule has 0 atom stereocenters. The summed E-state index contributed by atoms with van der Waals surface area (Å²) in [5.74, 6) is 0.538. The van der Waals surface area contributed by atoms with Crippen molar-refractivity contribution in [2.45, 2.75) is 12.8 Å². The highest BCUT2D eigenvalue weighted by molar-refractivity contribution is 5.12. The Morgan fingerprint density at radius 1 is 1.62 bits per heavy atom. The van der Waals surface area contributed by atoms with Crippen LogP contribution >= 0.6 is 0 Å². The molecule has 1 aromatic heterocycles. The van der Waals surface area contributed by atoms with E-state index in [1.807, 2.05) is 0 Å². The molecule has 13 heavy (non-hydrogen) atoms. The summed E-state index contributed by atoms with van der Waals surface area (Å²) < 4.78 is 5.35. The highest BCUT2D eigenvalue weighted by Gasteiger charge is 2.44. The van der Waals surface area contributed by atoms with Crippen LogP contribution in [0.25, 0.3) is 0 Å². The van der Waals surface area contributed by atoms with Crippen LogP contribution in [-0.4, -0.2) is 16.6 Å². The smallest absolute Gasteiger partial charge is 0.216 e. The van der Waals surface area contributed by atoms with E-state index in [4.69, 9.17) is 10.00 Å². The maximum Gasteiger partial charge on any atom is 0.216 e. The van der Waals surface area contributed by atoms with E-state index in [1.54, 1.807) is 12.3 Å². The number of hydrogen-bond donors (Lipinski definition) is 0. The van der Waals surface area contributed by atoms with E-state index in [2.05, 4.69) is 16.0 Å². The van der Waals surface area contributed by atoms with E-state index >= 15 is 0 Å². The fraction of sp³-hybridized carbons (Fsp3) is 0.444. The zero-order chi connectivity index (χ0) is 9.15. The lowest BCUT2D eigenvalue weighted by atomic mass is 10.1. The summed E-state index contributed by atoms with van der Waals surface area (Å²) in [7, 11) is 0. The van der Waals surface area contributed by atoms with Crippen molar-refractivity contribution in [3.8, 4) is 11.9 Å². The monoisotopic (exact) mass is 175 g/mol. The minimum Gasteiger partial charge on any atom is -0.476 e. The highest BCUT2D eigenvalue weighted by atomic mass is 16.5. The molecule has 1 aliphatic carbocycles. The van der Waals surface area contributed by atoms with Gasteiger partial charge in [-0.25, -0.2) is 9.97 Å². The maximum absolute atomic E-state index is 8.77. The van der Waals surface area contributed by atoms with Gasteiger partial charge in [0.2, 0.25) is 5.88 Å². The average molecular weight is 175 g/mol. The molecule has 1 aliphatic rings. The Hall–Kier alpha value is -1.63. The Balaban J connectivity index is 1.91. The third kappa shape index (κ3) is 1.75. The van der Waals surface area contributed by atoms with Crippen LogP contribution < -0.4 is 4.74 Å². The molecule has 4 heteroatoms. The summed E-state index contributed by atoms with van der Waals surface area (Å²) in [5.41, 5.74) is -0.231. The molecule has 0 saturated heterocycles. The Bertz CT molecular complexity index is 326. The van der Waals surface area contributed by atoms with Crippen LogP contribution in [0.5, 0.6) is 5.88 Å². The maximum atomic E-state index is 8.77. The topological polar surface area (TPSA) is 58.8 Å². The van der Waals surface area contributed by atoms with Gasteiger partial charge >= 0.3 is 0 Å². The van der Waals surface area contributed by atoms with Gasteiger partial charge in [-0.2, -0.15) is 5.26 Å². The van der Waals surface area contributed by atoms with Gasteiger partial charge in [0.15, 0.2) is 0 Å². The van der Waals surface area contributed by atoms with Crippen molar-refractivity contribution >= 4 is 0 Å². The van der Waals surface area contributed by atoms with E-state index in [0.717, 1.165) is 12.8 Å². The summed E-state index contributed by atoms with van der Waals surface area (Å²) in [6.45, 7) is 0.445. The van der Waals surface area contributed by atoms with Gasteiger partial charge < -0.3 is 4.74 Å². The van der Waals surface area contributed by atoms with E-state index in [1.165, 1.54) is 6.33 Å². The Morgan fingerprint density at radius 2 is 2.46 bits per heavy atom. The minimum absolute atomic E-state index is 0.231. The van der Waals surface area contributed by atoms with Gasteiger partial charge in [-0.15, -0.1) is 0 Å². The molecule has 0 amide bonds. The van der Waals surface area contributed by atoms with Gasteiger partial charge in [0, 0.05) is 12.3 Å². The first-order valence-electron chi connectivity index (χ1n) is 4.15. The van der Waals surface area contributed by atoms with Gasteiger partial charge in [-0.05, 0) is 12.8 Å². The van der Waals surface area contributed by atoms with Crippen molar-refractivity contribution in [3.63, 3.8) is 0 Å². The molecule has 0 aromatic carbocycles. The van der Waals surface area contributed by atoms with E-state index in [-0.39, 0.29) is 5.41 Å². The molecule has 0 bridgehead atoms. The number of hydrogen-bond acceptors (Lipinski definition) is 4. The van der Waals surface area contributed by atoms with Gasteiger partial charge in [-0.3, -0.25) is 0 Å². The third-order valence-electron chi connectivity index (χ3n) is 2.14. The predicted molar refractivity (Wildman–Crippen MR) is 44.8 cm³/mol. The normalized spacial score (nSPS) is 17.5. The third-order valence-corrected chi connectivity index (χ3v) is 2.14. The van der Waals surface area contributed by atoms with Crippen LogP contribution in [0.4, 0.5) is 0 Å². The summed E-state index contributed by atoms with van der Waals surface area (Å²) in [5, 5.41) is 8.77. The summed E-state index contributed by atoms with van der Waals surface area (Å²) >= 11 is 0. The first kappa shape index (κ1) is 7.99. The zero-order valence-electron chi connectivity index (χ0n) is 7.10. The number of nitriles is 1. The molecular weight excluding hydrogens is 166 g/mol. The summed E-state index contributed by atoms with van der Waals surface area (Å²) in [6.07, 6.45) is 4.93. The summed E-state index contributed by atoms with van der Waals surface area (Å²) in [4.78, 5) is 7.67. The Morgan fingerprint density at radius 3 is 3.00 bits per heavy atom. The molecule has 1 saturated carbocycles.